The minimum Gasteiger partial charge on any atom is -0.315 e. The summed E-state index contributed by atoms with van der Waals surface area (Å²) in [5.74, 6) is 0. The van der Waals surface area contributed by atoms with E-state index in [9.17, 15) is 0 Å². The third-order valence-corrected chi connectivity index (χ3v) is 4.78. The third-order valence-electron chi connectivity index (χ3n) is 3.97. The standard InChI is InChI=1S/C13H25N3S/c1-6-13(7-2,16(4)5)11(14-3)10-12-15-8-9-17-12/h8-9,11,14H,6-7,10H2,1-5H3. The summed E-state index contributed by atoms with van der Waals surface area (Å²) in [4.78, 5) is 6.77. The van der Waals surface area contributed by atoms with Crippen LogP contribution in [0.2, 0.25) is 0 Å². The van der Waals surface area contributed by atoms with Crippen molar-refractivity contribution >= 4 is 11.3 Å². The first kappa shape index (κ1) is 14.6. The number of nitrogens with zero attached hydrogens (tertiary/aromatic N) is 2. The maximum atomic E-state index is 4.41. The summed E-state index contributed by atoms with van der Waals surface area (Å²) in [5, 5.41) is 6.76. The summed E-state index contributed by atoms with van der Waals surface area (Å²) < 4.78 is 0. The van der Waals surface area contributed by atoms with Gasteiger partial charge in [-0.2, -0.15) is 0 Å². The first-order chi connectivity index (χ1) is 8.10. The molecule has 1 rings (SSSR count). The molecule has 0 aliphatic carbocycles. The molecule has 1 aromatic heterocycles. The van der Waals surface area contributed by atoms with Crippen molar-refractivity contribution in [3.8, 4) is 0 Å². The molecule has 0 saturated heterocycles. The van der Waals surface area contributed by atoms with Crippen LogP contribution in [0.3, 0.4) is 0 Å². The van der Waals surface area contributed by atoms with Crippen molar-refractivity contribution in [2.75, 3.05) is 21.1 Å². The number of hydrogen-bond donors (Lipinski definition) is 1. The zero-order valence-electron chi connectivity index (χ0n) is 11.7. The van der Waals surface area contributed by atoms with Gasteiger partial charge in [-0.15, -0.1) is 11.3 Å². The number of rotatable bonds is 7. The fourth-order valence-electron chi connectivity index (χ4n) is 2.78. The summed E-state index contributed by atoms with van der Waals surface area (Å²) in [6, 6.07) is 0.443. The molecule has 98 valence electrons. The summed E-state index contributed by atoms with van der Waals surface area (Å²) >= 11 is 1.75. The maximum Gasteiger partial charge on any atom is 0.0941 e. The Hall–Kier alpha value is -0.450. The van der Waals surface area contributed by atoms with Crippen molar-refractivity contribution < 1.29 is 0 Å². The van der Waals surface area contributed by atoms with Crippen LogP contribution in [0.15, 0.2) is 11.6 Å². The van der Waals surface area contributed by atoms with Crippen LogP contribution < -0.4 is 5.32 Å². The topological polar surface area (TPSA) is 28.2 Å². The molecule has 0 fully saturated rings. The van der Waals surface area contributed by atoms with E-state index in [1.807, 2.05) is 6.20 Å². The van der Waals surface area contributed by atoms with Crippen molar-refractivity contribution in [1.82, 2.24) is 15.2 Å². The molecule has 1 N–H and O–H groups in total. The fourth-order valence-corrected chi connectivity index (χ4v) is 3.44. The molecule has 1 aromatic rings. The van der Waals surface area contributed by atoms with Crippen LogP contribution in [0.1, 0.15) is 31.7 Å². The summed E-state index contributed by atoms with van der Waals surface area (Å²) in [6.45, 7) is 4.55. The minimum atomic E-state index is 0.209. The zero-order valence-corrected chi connectivity index (χ0v) is 12.5. The Labute approximate surface area is 109 Å². The predicted molar refractivity (Wildman–Crippen MR) is 75.7 cm³/mol. The van der Waals surface area contributed by atoms with Crippen LogP contribution in [0.25, 0.3) is 0 Å². The van der Waals surface area contributed by atoms with E-state index in [4.69, 9.17) is 0 Å². The lowest BCUT2D eigenvalue weighted by Crippen LogP contribution is -2.58. The molecule has 0 bridgehead atoms. The van der Waals surface area contributed by atoms with E-state index in [-0.39, 0.29) is 5.54 Å². The molecule has 0 spiro atoms. The van der Waals surface area contributed by atoms with Gasteiger partial charge in [0.2, 0.25) is 0 Å². The Morgan fingerprint density at radius 3 is 2.41 bits per heavy atom. The molecule has 4 heteroatoms. The molecule has 1 unspecified atom stereocenters. The number of hydrogen-bond acceptors (Lipinski definition) is 4. The predicted octanol–water partition coefficient (Wildman–Crippen LogP) is 2.39. The Morgan fingerprint density at radius 2 is 2.06 bits per heavy atom. The first-order valence-corrected chi connectivity index (χ1v) is 7.21. The highest BCUT2D eigenvalue weighted by molar-refractivity contribution is 7.09. The third kappa shape index (κ3) is 3.06. The average molecular weight is 255 g/mol. The summed E-state index contributed by atoms with van der Waals surface area (Å²) in [5.41, 5.74) is 0.209. The lowest BCUT2D eigenvalue weighted by Gasteiger charge is -2.45. The van der Waals surface area contributed by atoms with Gasteiger partial charge in [-0.3, -0.25) is 0 Å². The average Bonchev–Trinajstić information content (AvgIpc) is 2.82. The maximum absolute atomic E-state index is 4.41. The highest BCUT2D eigenvalue weighted by Gasteiger charge is 2.37. The number of thiazole rings is 1. The molecule has 0 aliphatic rings. The molecule has 1 heterocycles. The number of nitrogens with one attached hydrogen (secondary N) is 1. The molecule has 3 nitrogen and oxygen atoms in total. The van der Waals surface area contributed by atoms with Gasteiger partial charge in [0.25, 0.3) is 0 Å². The van der Waals surface area contributed by atoms with Crippen LogP contribution in [0.5, 0.6) is 0 Å². The van der Waals surface area contributed by atoms with E-state index in [1.54, 1.807) is 11.3 Å². The smallest absolute Gasteiger partial charge is 0.0941 e. The van der Waals surface area contributed by atoms with E-state index in [1.165, 1.54) is 5.01 Å². The number of aromatic nitrogens is 1. The van der Waals surface area contributed by atoms with Crippen molar-refractivity contribution in [3.63, 3.8) is 0 Å². The fraction of sp³-hybridized carbons (Fsp3) is 0.769. The van der Waals surface area contributed by atoms with Crippen LogP contribution in [-0.4, -0.2) is 42.6 Å². The summed E-state index contributed by atoms with van der Waals surface area (Å²) in [7, 11) is 6.42. The lowest BCUT2D eigenvalue weighted by atomic mass is 9.81. The van der Waals surface area contributed by atoms with Gasteiger partial charge in [0.15, 0.2) is 0 Å². The van der Waals surface area contributed by atoms with E-state index < -0.39 is 0 Å². The van der Waals surface area contributed by atoms with Crippen molar-refractivity contribution in [3.05, 3.63) is 16.6 Å². The van der Waals surface area contributed by atoms with Gasteiger partial charge in [-0.1, -0.05) is 13.8 Å². The Balaban J connectivity index is 2.89. The van der Waals surface area contributed by atoms with Gasteiger partial charge in [0.1, 0.15) is 0 Å². The summed E-state index contributed by atoms with van der Waals surface area (Å²) in [6.07, 6.45) is 5.19. The molecular formula is C13H25N3S. The number of likely N-dealkylation sites (N-methyl/N-ethyl adjacent to an activating group) is 2. The van der Waals surface area contributed by atoms with Crippen LogP contribution >= 0.6 is 11.3 Å². The quantitative estimate of drug-likeness (QED) is 0.811. The van der Waals surface area contributed by atoms with Crippen LogP contribution in [0.4, 0.5) is 0 Å². The molecule has 0 amide bonds. The van der Waals surface area contributed by atoms with Gasteiger partial charge < -0.3 is 10.2 Å². The Kier molecular flexibility index (Phi) is 5.56. The molecule has 0 saturated carbocycles. The largest absolute Gasteiger partial charge is 0.315 e. The van der Waals surface area contributed by atoms with Crippen molar-refractivity contribution in [2.24, 2.45) is 0 Å². The van der Waals surface area contributed by atoms with E-state index in [2.05, 4.69) is 55.6 Å². The lowest BCUT2D eigenvalue weighted by molar-refractivity contribution is 0.0917. The second kappa shape index (κ2) is 6.47. The zero-order chi connectivity index (χ0) is 12.9. The first-order valence-electron chi connectivity index (χ1n) is 6.33. The highest BCUT2D eigenvalue weighted by Crippen LogP contribution is 2.28. The van der Waals surface area contributed by atoms with Crippen LogP contribution in [0, 0.1) is 0 Å². The second-order valence-corrected chi connectivity index (χ2v) is 5.66. The van der Waals surface area contributed by atoms with Gasteiger partial charge >= 0.3 is 0 Å². The monoisotopic (exact) mass is 255 g/mol. The van der Waals surface area contributed by atoms with Crippen molar-refractivity contribution in [1.29, 1.82) is 0 Å². The van der Waals surface area contributed by atoms with Gasteiger partial charge in [-0.05, 0) is 34.0 Å². The van der Waals surface area contributed by atoms with Gasteiger partial charge in [0, 0.05) is 29.6 Å². The molecule has 0 radical (unpaired) electrons. The molecule has 0 aliphatic heterocycles. The minimum absolute atomic E-state index is 0.209. The molecule has 17 heavy (non-hydrogen) atoms. The van der Waals surface area contributed by atoms with Crippen LogP contribution in [-0.2, 0) is 6.42 Å². The van der Waals surface area contributed by atoms with Gasteiger partial charge in [-0.25, -0.2) is 4.98 Å². The molecule has 1 atom stereocenters. The van der Waals surface area contributed by atoms with Crippen molar-refractivity contribution in [2.45, 2.75) is 44.7 Å². The highest BCUT2D eigenvalue weighted by atomic mass is 32.1. The van der Waals surface area contributed by atoms with E-state index in [0.29, 0.717) is 6.04 Å². The normalized spacial score (nSPS) is 14.2. The second-order valence-electron chi connectivity index (χ2n) is 4.68. The van der Waals surface area contributed by atoms with E-state index in [0.717, 1.165) is 19.3 Å². The Bertz CT molecular complexity index is 304. The Morgan fingerprint density at radius 1 is 1.41 bits per heavy atom. The van der Waals surface area contributed by atoms with Gasteiger partial charge in [0.05, 0.1) is 5.01 Å². The molecule has 0 aromatic carbocycles. The van der Waals surface area contributed by atoms with E-state index >= 15 is 0 Å². The molecular weight excluding hydrogens is 230 g/mol. The SMILES string of the molecule is CCC(CC)(C(Cc1nccs1)NC)N(C)C.